The van der Waals surface area contributed by atoms with E-state index in [4.69, 9.17) is 9.15 Å². The molecule has 0 bridgehead atoms. The van der Waals surface area contributed by atoms with Gasteiger partial charge in [-0.3, -0.25) is 4.79 Å². The first-order chi connectivity index (χ1) is 14.5. The predicted octanol–water partition coefficient (Wildman–Crippen LogP) is 6.52. The molecule has 30 heavy (non-hydrogen) atoms. The summed E-state index contributed by atoms with van der Waals surface area (Å²) in [5.41, 5.74) is 5.90. The second-order valence-corrected chi connectivity index (χ2v) is 7.62. The zero-order valence-electron chi connectivity index (χ0n) is 18.4. The third-order valence-electron chi connectivity index (χ3n) is 5.19. The molecule has 1 amide bonds. The van der Waals surface area contributed by atoms with Crippen LogP contribution >= 0.6 is 0 Å². The Morgan fingerprint density at radius 1 is 1.13 bits per heavy atom. The molecular formula is C26H31NO3. The van der Waals surface area contributed by atoms with Crippen molar-refractivity contribution in [3.8, 4) is 16.9 Å². The van der Waals surface area contributed by atoms with Crippen molar-refractivity contribution in [1.82, 2.24) is 5.32 Å². The fourth-order valence-electron chi connectivity index (χ4n) is 3.51. The zero-order valence-corrected chi connectivity index (χ0v) is 18.4. The molecule has 0 radical (unpaired) electrons. The monoisotopic (exact) mass is 405 g/mol. The predicted molar refractivity (Wildman–Crippen MR) is 124 cm³/mol. The van der Waals surface area contributed by atoms with E-state index in [-0.39, 0.29) is 5.91 Å². The summed E-state index contributed by atoms with van der Waals surface area (Å²) < 4.78 is 11.7. The molecule has 0 aliphatic carbocycles. The number of fused-ring (bicyclic) bond motifs is 1. The van der Waals surface area contributed by atoms with Crippen LogP contribution in [0.2, 0.25) is 0 Å². The Hall–Kier alpha value is -3.01. The highest BCUT2D eigenvalue weighted by Crippen LogP contribution is 2.37. The van der Waals surface area contributed by atoms with Gasteiger partial charge in [-0.2, -0.15) is 0 Å². The number of unbranched alkanes of at least 4 members (excludes halogenated alkanes) is 2. The number of hydrogen-bond donors (Lipinski definition) is 1. The van der Waals surface area contributed by atoms with Gasteiger partial charge in [0.05, 0.1) is 12.9 Å². The molecule has 1 heterocycles. The lowest BCUT2D eigenvalue weighted by Crippen LogP contribution is -2.22. The summed E-state index contributed by atoms with van der Waals surface area (Å²) in [5, 5.41) is 3.98. The molecule has 4 nitrogen and oxygen atoms in total. The Balaban J connectivity index is 1.96. The molecule has 0 saturated heterocycles. The number of allylic oxidation sites excluding steroid dienone is 1. The fourth-order valence-corrected chi connectivity index (χ4v) is 3.51. The Bertz CT molecular complexity index is 1030. The number of carbonyl (C=O) groups excluding carboxylic acids is 1. The smallest absolute Gasteiger partial charge is 0.244 e. The molecule has 0 spiro atoms. The summed E-state index contributed by atoms with van der Waals surface area (Å²) in [4.78, 5) is 12.3. The maximum absolute atomic E-state index is 12.3. The molecule has 158 valence electrons. The highest BCUT2D eigenvalue weighted by molar-refractivity contribution is 6.00. The topological polar surface area (TPSA) is 51.5 Å². The van der Waals surface area contributed by atoms with Crippen LogP contribution in [-0.4, -0.2) is 19.1 Å². The molecule has 1 N–H and O–H groups in total. The molecule has 0 unspecified atom stereocenters. The molecule has 4 heteroatoms. The fraction of sp³-hybridized carbons (Fsp3) is 0.346. The van der Waals surface area contributed by atoms with Gasteiger partial charge in [0.1, 0.15) is 11.3 Å². The second kappa shape index (κ2) is 10.1. The van der Waals surface area contributed by atoms with E-state index < -0.39 is 0 Å². The van der Waals surface area contributed by atoms with Crippen molar-refractivity contribution in [2.45, 2.75) is 47.0 Å². The molecular weight excluding hydrogens is 374 g/mol. The maximum atomic E-state index is 12.3. The van der Waals surface area contributed by atoms with Crippen molar-refractivity contribution in [3.63, 3.8) is 0 Å². The molecule has 2 aromatic carbocycles. The van der Waals surface area contributed by atoms with Crippen molar-refractivity contribution in [3.05, 3.63) is 59.9 Å². The number of amides is 1. The number of aryl methyl sites for hydroxylation is 1. The SMILES string of the molecule is CCCCCNC(=O)/C=C(\C)c1cc2c(-c3ccc(C)cc3)coc2cc1OCC. The van der Waals surface area contributed by atoms with Crippen LogP contribution in [0.15, 0.2) is 53.2 Å². The molecule has 0 atom stereocenters. The van der Waals surface area contributed by atoms with Gasteiger partial charge in [-0.25, -0.2) is 0 Å². The van der Waals surface area contributed by atoms with E-state index in [9.17, 15) is 4.79 Å². The van der Waals surface area contributed by atoms with E-state index >= 15 is 0 Å². The summed E-state index contributed by atoms with van der Waals surface area (Å²) in [6, 6.07) is 12.4. The second-order valence-electron chi connectivity index (χ2n) is 7.62. The molecule has 3 rings (SSSR count). The summed E-state index contributed by atoms with van der Waals surface area (Å²) >= 11 is 0. The van der Waals surface area contributed by atoms with Crippen LogP contribution in [0.25, 0.3) is 27.7 Å². The Morgan fingerprint density at radius 2 is 1.90 bits per heavy atom. The highest BCUT2D eigenvalue weighted by Gasteiger charge is 2.15. The number of furan rings is 1. The average molecular weight is 406 g/mol. The van der Waals surface area contributed by atoms with Crippen LogP contribution in [0.1, 0.15) is 51.2 Å². The van der Waals surface area contributed by atoms with Gasteiger partial charge in [0, 0.05) is 35.2 Å². The van der Waals surface area contributed by atoms with Gasteiger partial charge >= 0.3 is 0 Å². The van der Waals surface area contributed by atoms with Crippen molar-refractivity contribution in [1.29, 1.82) is 0 Å². The molecule has 3 aromatic rings. The van der Waals surface area contributed by atoms with Crippen LogP contribution in [0.5, 0.6) is 5.75 Å². The van der Waals surface area contributed by atoms with E-state index in [0.29, 0.717) is 13.2 Å². The molecule has 0 saturated carbocycles. The lowest BCUT2D eigenvalue weighted by Gasteiger charge is -2.12. The number of carbonyl (C=O) groups is 1. The molecule has 1 aromatic heterocycles. The van der Waals surface area contributed by atoms with E-state index in [1.807, 2.05) is 19.9 Å². The number of nitrogens with one attached hydrogen (secondary N) is 1. The summed E-state index contributed by atoms with van der Waals surface area (Å²) in [5.74, 6) is 0.652. The normalized spacial score (nSPS) is 11.7. The maximum Gasteiger partial charge on any atom is 0.244 e. The molecule has 0 aliphatic rings. The van der Waals surface area contributed by atoms with Crippen LogP contribution in [0, 0.1) is 6.92 Å². The third kappa shape index (κ3) is 5.12. The summed E-state index contributed by atoms with van der Waals surface area (Å²) in [7, 11) is 0. The summed E-state index contributed by atoms with van der Waals surface area (Å²) in [6.45, 7) is 9.37. The van der Waals surface area contributed by atoms with Crippen molar-refractivity contribution in [2.75, 3.05) is 13.2 Å². The average Bonchev–Trinajstić information content (AvgIpc) is 3.14. The van der Waals surface area contributed by atoms with Crippen molar-refractivity contribution >= 4 is 22.4 Å². The lowest BCUT2D eigenvalue weighted by molar-refractivity contribution is -0.116. The van der Waals surface area contributed by atoms with E-state index in [0.717, 1.165) is 58.2 Å². The first-order valence-electron chi connectivity index (χ1n) is 10.7. The lowest BCUT2D eigenvalue weighted by atomic mass is 9.99. The van der Waals surface area contributed by atoms with Crippen LogP contribution in [0.4, 0.5) is 0 Å². The van der Waals surface area contributed by atoms with Gasteiger partial charge in [-0.1, -0.05) is 49.6 Å². The van der Waals surface area contributed by atoms with E-state index in [1.165, 1.54) is 5.56 Å². The largest absolute Gasteiger partial charge is 0.493 e. The Kier molecular flexibility index (Phi) is 7.34. The first-order valence-corrected chi connectivity index (χ1v) is 10.7. The third-order valence-corrected chi connectivity index (χ3v) is 5.19. The van der Waals surface area contributed by atoms with Gasteiger partial charge in [0.25, 0.3) is 0 Å². The van der Waals surface area contributed by atoms with Crippen LogP contribution < -0.4 is 10.1 Å². The Morgan fingerprint density at radius 3 is 2.60 bits per heavy atom. The minimum atomic E-state index is -0.0721. The number of ether oxygens (including phenoxy) is 1. The van der Waals surface area contributed by atoms with Crippen molar-refractivity contribution < 1.29 is 13.9 Å². The van der Waals surface area contributed by atoms with E-state index in [1.54, 1.807) is 12.3 Å². The summed E-state index contributed by atoms with van der Waals surface area (Å²) in [6.07, 6.45) is 6.70. The van der Waals surface area contributed by atoms with Gasteiger partial charge in [0.15, 0.2) is 0 Å². The number of benzene rings is 2. The zero-order chi connectivity index (χ0) is 21.5. The van der Waals surface area contributed by atoms with Crippen LogP contribution in [0.3, 0.4) is 0 Å². The van der Waals surface area contributed by atoms with E-state index in [2.05, 4.69) is 49.5 Å². The quantitative estimate of drug-likeness (QED) is 0.326. The van der Waals surface area contributed by atoms with Gasteiger partial charge in [-0.05, 0) is 44.4 Å². The van der Waals surface area contributed by atoms with Crippen molar-refractivity contribution in [2.24, 2.45) is 0 Å². The highest BCUT2D eigenvalue weighted by atomic mass is 16.5. The Labute approximate surface area is 178 Å². The van der Waals surface area contributed by atoms with Gasteiger partial charge in [-0.15, -0.1) is 0 Å². The number of rotatable bonds is 9. The first kappa shape index (κ1) is 21.7. The standard InChI is InChI=1S/C26H31NO3/c1-5-7-8-13-27-26(28)14-19(4)21-15-22-23(20-11-9-18(3)10-12-20)17-30-25(22)16-24(21)29-6-2/h9-12,14-17H,5-8,13H2,1-4H3,(H,27,28)/b19-14+. The van der Waals surface area contributed by atoms with Crippen LogP contribution in [-0.2, 0) is 4.79 Å². The molecule has 0 fully saturated rings. The minimum Gasteiger partial charge on any atom is -0.493 e. The minimum absolute atomic E-state index is 0.0721. The molecule has 0 aliphatic heterocycles. The van der Waals surface area contributed by atoms with Gasteiger partial charge < -0.3 is 14.5 Å². The number of hydrogen-bond acceptors (Lipinski definition) is 3. The van der Waals surface area contributed by atoms with Gasteiger partial charge in [0.2, 0.25) is 5.91 Å².